The zero-order chi connectivity index (χ0) is 16.4. The van der Waals surface area contributed by atoms with Crippen LogP contribution >= 0.6 is 0 Å². The minimum atomic E-state index is -0.536. The third-order valence-corrected chi connectivity index (χ3v) is 3.48. The van der Waals surface area contributed by atoms with Gasteiger partial charge in [-0.05, 0) is 18.1 Å². The van der Waals surface area contributed by atoms with Crippen molar-refractivity contribution in [2.24, 2.45) is 5.92 Å². The molecule has 0 saturated heterocycles. The van der Waals surface area contributed by atoms with Gasteiger partial charge in [-0.25, -0.2) is 4.79 Å². The summed E-state index contributed by atoms with van der Waals surface area (Å²) in [5.41, 5.74) is 0.601. The molecule has 0 aliphatic carbocycles. The van der Waals surface area contributed by atoms with E-state index in [0.717, 1.165) is 12.8 Å². The fourth-order valence-corrected chi connectivity index (χ4v) is 2.16. The number of ether oxygens (including phenoxy) is 1. The number of benzene rings is 1. The predicted octanol–water partition coefficient (Wildman–Crippen LogP) is 2.62. The third-order valence-electron chi connectivity index (χ3n) is 3.48. The van der Waals surface area contributed by atoms with Gasteiger partial charge in [-0.2, -0.15) is 0 Å². The van der Waals surface area contributed by atoms with Crippen LogP contribution in [-0.4, -0.2) is 30.4 Å². The Hall–Kier alpha value is -2.19. The molecule has 5 heteroatoms. The average Bonchev–Trinajstić information content (AvgIpc) is 2.52. The molecule has 0 fully saturated rings. The number of hydrogen-bond donors (Lipinski definition) is 3. The molecule has 0 aliphatic heterocycles. The summed E-state index contributed by atoms with van der Waals surface area (Å²) in [5.74, 6) is 3.17. The maximum atomic E-state index is 11.8. The average molecular weight is 304 g/mol. The van der Waals surface area contributed by atoms with Crippen molar-refractivity contribution in [3.8, 4) is 18.1 Å². The normalized spacial score (nSPS) is 11.6. The van der Waals surface area contributed by atoms with E-state index in [4.69, 9.17) is 11.2 Å². The van der Waals surface area contributed by atoms with Crippen molar-refractivity contribution in [1.29, 1.82) is 0 Å². The fourth-order valence-electron chi connectivity index (χ4n) is 2.16. The molecular formula is C17H24N2O3. The molecule has 2 amide bonds. The Balaban J connectivity index is 2.46. The van der Waals surface area contributed by atoms with Crippen LogP contribution in [0, 0.1) is 18.3 Å². The van der Waals surface area contributed by atoms with Gasteiger partial charge in [-0.1, -0.05) is 38.7 Å². The zero-order valence-corrected chi connectivity index (χ0v) is 13.1. The highest BCUT2D eigenvalue weighted by atomic mass is 16.5. The van der Waals surface area contributed by atoms with Gasteiger partial charge < -0.3 is 20.5 Å². The van der Waals surface area contributed by atoms with E-state index in [1.165, 1.54) is 0 Å². The van der Waals surface area contributed by atoms with Gasteiger partial charge >= 0.3 is 6.03 Å². The maximum absolute atomic E-state index is 11.8. The van der Waals surface area contributed by atoms with E-state index in [9.17, 15) is 9.90 Å². The first-order valence-corrected chi connectivity index (χ1v) is 7.49. The molecule has 0 aliphatic rings. The summed E-state index contributed by atoms with van der Waals surface area (Å²) in [6.07, 6.45) is 6.36. The van der Waals surface area contributed by atoms with E-state index in [1.807, 2.05) is 13.8 Å². The van der Waals surface area contributed by atoms with Gasteiger partial charge in [-0.3, -0.25) is 0 Å². The molecule has 0 saturated carbocycles. The van der Waals surface area contributed by atoms with E-state index in [-0.39, 0.29) is 25.1 Å². The Kier molecular flexibility index (Phi) is 7.87. The number of rotatable bonds is 8. The minimum absolute atomic E-state index is 0.178. The number of urea groups is 1. The molecule has 120 valence electrons. The van der Waals surface area contributed by atoms with Crippen molar-refractivity contribution in [1.82, 2.24) is 5.32 Å². The number of aliphatic hydroxyl groups is 1. The van der Waals surface area contributed by atoms with Gasteiger partial charge in [-0.15, -0.1) is 6.42 Å². The number of anilines is 1. The van der Waals surface area contributed by atoms with E-state index in [1.54, 1.807) is 24.3 Å². The van der Waals surface area contributed by atoms with Crippen LogP contribution in [0.5, 0.6) is 5.75 Å². The lowest BCUT2D eigenvalue weighted by molar-refractivity contribution is 0.104. The SMILES string of the molecule is C#CCOc1cccc(NC(=O)NCC(O)C(CC)CC)c1. The summed E-state index contributed by atoms with van der Waals surface area (Å²) in [6, 6.07) is 6.60. The van der Waals surface area contributed by atoms with Crippen LogP contribution in [0.15, 0.2) is 24.3 Å². The van der Waals surface area contributed by atoms with Crippen LogP contribution in [0.4, 0.5) is 10.5 Å². The number of carbonyl (C=O) groups is 1. The second-order valence-electron chi connectivity index (χ2n) is 5.00. The van der Waals surface area contributed by atoms with Gasteiger partial charge in [0.15, 0.2) is 0 Å². The molecule has 0 aromatic heterocycles. The molecule has 1 aromatic carbocycles. The van der Waals surface area contributed by atoms with E-state index < -0.39 is 6.10 Å². The van der Waals surface area contributed by atoms with Gasteiger partial charge in [0.1, 0.15) is 12.4 Å². The summed E-state index contributed by atoms with van der Waals surface area (Å²) in [4.78, 5) is 11.8. The Bertz CT molecular complexity index is 507. The van der Waals surface area contributed by atoms with Crippen molar-refractivity contribution in [3.63, 3.8) is 0 Å². The number of carbonyl (C=O) groups excluding carboxylic acids is 1. The number of hydrogen-bond acceptors (Lipinski definition) is 3. The van der Waals surface area contributed by atoms with Crippen molar-refractivity contribution < 1.29 is 14.6 Å². The van der Waals surface area contributed by atoms with Gasteiger partial charge in [0, 0.05) is 18.3 Å². The molecule has 1 rings (SSSR count). The quantitative estimate of drug-likeness (QED) is 0.647. The summed E-state index contributed by atoms with van der Waals surface area (Å²) in [5, 5.41) is 15.3. The summed E-state index contributed by atoms with van der Waals surface area (Å²) in [6.45, 7) is 4.46. The van der Waals surface area contributed by atoms with Crippen molar-refractivity contribution in [2.75, 3.05) is 18.5 Å². The number of amides is 2. The second-order valence-corrected chi connectivity index (χ2v) is 5.00. The predicted molar refractivity (Wildman–Crippen MR) is 87.9 cm³/mol. The van der Waals surface area contributed by atoms with Crippen LogP contribution in [0.25, 0.3) is 0 Å². The molecule has 0 radical (unpaired) electrons. The number of nitrogens with one attached hydrogen (secondary N) is 2. The first-order valence-electron chi connectivity index (χ1n) is 7.49. The van der Waals surface area contributed by atoms with Crippen LogP contribution in [-0.2, 0) is 0 Å². The first kappa shape index (κ1) is 17.9. The Morgan fingerprint density at radius 1 is 1.41 bits per heavy atom. The molecule has 1 aromatic rings. The third kappa shape index (κ3) is 6.06. The highest BCUT2D eigenvalue weighted by Crippen LogP contribution is 2.17. The van der Waals surface area contributed by atoms with Gasteiger partial charge in [0.2, 0.25) is 0 Å². The Labute approximate surface area is 132 Å². The number of aliphatic hydroxyl groups excluding tert-OH is 1. The molecule has 3 N–H and O–H groups in total. The summed E-state index contributed by atoms with van der Waals surface area (Å²) >= 11 is 0. The van der Waals surface area contributed by atoms with Crippen molar-refractivity contribution >= 4 is 11.7 Å². The monoisotopic (exact) mass is 304 g/mol. The Morgan fingerprint density at radius 3 is 2.77 bits per heavy atom. The largest absolute Gasteiger partial charge is 0.481 e. The standard InChI is InChI=1S/C17H24N2O3/c1-4-10-22-15-9-7-8-14(11-15)19-17(21)18-12-16(20)13(5-2)6-3/h1,7-9,11,13,16,20H,5-6,10,12H2,2-3H3,(H2,18,19,21). The van der Waals surface area contributed by atoms with E-state index in [0.29, 0.717) is 11.4 Å². The maximum Gasteiger partial charge on any atom is 0.319 e. The summed E-state index contributed by atoms with van der Waals surface area (Å²) < 4.78 is 5.29. The smallest absolute Gasteiger partial charge is 0.319 e. The highest BCUT2D eigenvalue weighted by molar-refractivity contribution is 5.89. The summed E-state index contributed by atoms with van der Waals surface area (Å²) in [7, 11) is 0. The molecule has 22 heavy (non-hydrogen) atoms. The van der Waals surface area contributed by atoms with Crippen LogP contribution in [0.2, 0.25) is 0 Å². The van der Waals surface area contributed by atoms with Crippen LogP contribution in [0.1, 0.15) is 26.7 Å². The molecular weight excluding hydrogens is 280 g/mol. The lowest BCUT2D eigenvalue weighted by Gasteiger charge is -2.20. The first-order chi connectivity index (χ1) is 10.6. The van der Waals surface area contributed by atoms with Gasteiger partial charge in [0.05, 0.1) is 6.10 Å². The van der Waals surface area contributed by atoms with E-state index in [2.05, 4.69) is 16.6 Å². The molecule has 0 heterocycles. The fraction of sp³-hybridized carbons (Fsp3) is 0.471. The zero-order valence-electron chi connectivity index (χ0n) is 13.1. The second kappa shape index (κ2) is 9.69. The van der Waals surface area contributed by atoms with Crippen molar-refractivity contribution in [2.45, 2.75) is 32.8 Å². The number of terminal acetylenes is 1. The lowest BCUT2D eigenvalue weighted by Crippen LogP contribution is -2.38. The van der Waals surface area contributed by atoms with Crippen molar-refractivity contribution in [3.05, 3.63) is 24.3 Å². The topological polar surface area (TPSA) is 70.6 Å². The minimum Gasteiger partial charge on any atom is -0.481 e. The molecule has 0 spiro atoms. The lowest BCUT2D eigenvalue weighted by atomic mass is 9.97. The molecule has 0 bridgehead atoms. The van der Waals surface area contributed by atoms with Crippen LogP contribution < -0.4 is 15.4 Å². The Morgan fingerprint density at radius 2 is 2.14 bits per heavy atom. The molecule has 1 atom stereocenters. The highest BCUT2D eigenvalue weighted by Gasteiger charge is 2.16. The molecule has 5 nitrogen and oxygen atoms in total. The van der Waals surface area contributed by atoms with Crippen LogP contribution in [0.3, 0.4) is 0 Å². The van der Waals surface area contributed by atoms with Gasteiger partial charge in [0.25, 0.3) is 0 Å². The van der Waals surface area contributed by atoms with E-state index >= 15 is 0 Å². The molecule has 1 unspecified atom stereocenters.